The Balaban J connectivity index is 1.33. The normalized spacial score (nSPS) is 14.2. The first-order valence-corrected chi connectivity index (χ1v) is 14.9. The highest BCUT2D eigenvalue weighted by Crippen LogP contribution is 2.32. The van der Waals surface area contributed by atoms with Crippen LogP contribution in [0.25, 0.3) is 22.2 Å². The Hall–Kier alpha value is -5.41. The molecule has 0 bridgehead atoms. The van der Waals surface area contributed by atoms with Crippen molar-refractivity contribution >= 4 is 28.7 Å². The Labute approximate surface area is 261 Å². The summed E-state index contributed by atoms with van der Waals surface area (Å²) in [5.41, 5.74) is 4.63. The quantitative estimate of drug-likeness (QED) is 0.244. The van der Waals surface area contributed by atoms with Crippen molar-refractivity contribution in [2.24, 2.45) is 0 Å². The van der Waals surface area contributed by atoms with E-state index in [0.717, 1.165) is 33.3 Å². The van der Waals surface area contributed by atoms with Crippen molar-refractivity contribution in [1.82, 2.24) is 25.1 Å². The number of carboxylic acids is 1. The predicted octanol–water partition coefficient (Wildman–Crippen LogP) is 5.44. The Kier molecular flexibility index (Phi) is 8.61. The average molecular weight is 600 g/mol. The van der Waals surface area contributed by atoms with Crippen molar-refractivity contribution < 1.29 is 19.5 Å². The summed E-state index contributed by atoms with van der Waals surface area (Å²) in [4.78, 5) is 52.0. The first-order valence-electron chi connectivity index (χ1n) is 14.9. The lowest BCUT2D eigenvalue weighted by Crippen LogP contribution is -2.48. The lowest BCUT2D eigenvalue weighted by atomic mass is 9.95. The summed E-state index contributed by atoms with van der Waals surface area (Å²) in [6.07, 6.45) is 1.37. The molecule has 1 aliphatic heterocycles. The van der Waals surface area contributed by atoms with E-state index in [1.807, 2.05) is 91.9 Å². The van der Waals surface area contributed by atoms with Crippen LogP contribution in [0.5, 0.6) is 0 Å². The molecule has 2 amide bonds. The van der Waals surface area contributed by atoms with Gasteiger partial charge in [0.05, 0.1) is 28.4 Å². The van der Waals surface area contributed by atoms with Crippen molar-refractivity contribution in [2.75, 3.05) is 26.2 Å². The van der Waals surface area contributed by atoms with Crippen LogP contribution in [0, 0.1) is 0 Å². The largest absolute Gasteiger partial charge is 0.476 e. The van der Waals surface area contributed by atoms with E-state index < -0.39 is 5.97 Å². The number of amides is 2. The topological polar surface area (TPSA) is 116 Å². The number of carboxylic acid groups (broad SMARTS) is 1. The second-order valence-corrected chi connectivity index (χ2v) is 11.1. The van der Waals surface area contributed by atoms with Crippen LogP contribution < -0.4 is 5.32 Å². The van der Waals surface area contributed by atoms with Crippen LogP contribution in [0.2, 0.25) is 0 Å². The van der Waals surface area contributed by atoms with Crippen LogP contribution >= 0.6 is 0 Å². The summed E-state index contributed by atoms with van der Waals surface area (Å²) in [6, 6.07) is 30.3. The van der Waals surface area contributed by atoms with Crippen molar-refractivity contribution in [2.45, 2.75) is 19.5 Å². The van der Waals surface area contributed by atoms with Gasteiger partial charge in [-0.2, -0.15) is 0 Å². The van der Waals surface area contributed by atoms with Gasteiger partial charge in [-0.3, -0.25) is 14.5 Å². The van der Waals surface area contributed by atoms with Gasteiger partial charge in [-0.25, -0.2) is 14.8 Å². The third kappa shape index (κ3) is 6.30. The molecule has 0 spiro atoms. The standard InChI is InChI=1S/C36H33N5O4/c1-24(25-11-4-2-5-12-25)38-34(42)31-27-15-8-9-17-30(27)39-32(26-13-6-3-7-14-26)29(31)23-40-19-21-41(22-20-40)35(43)28-16-10-18-37-33(28)36(44)45/h2-18,24H,19-23H2,1H3,(H,38,42)(H,44,45)/t24-/m0/s1. The number of benzene rings is 3. The number of hydrogen-bond acceptors (Lipinski definition) is 6. The molecule has 2 aromatic heterocycles. The van der Waals surface area contributed by atoms with Gasteiger partial charge in [-0.05, 0) is 30.7 Å². The number of aromatic nitrogens is 2. The molecule has 226 valence electrons. The molecular weight excluding hydrogens is 566 g/mol. The van der Waals surface area contributed by atoms with Crippen LogP contribution in [0.15, 0.2) is 103 Å². The molecular formula is C36H33N5O4. The number of nitrogens with one attached hydrogen (secondary N) is 1. The van der Waals surface area contributed by atoms with Gasteiger partial charge < -0.3 is 15.3 Å². The van der Waals surface area contributed by atoms with Gasteiger partial charge in [0.15, 0.2) is 5.69 Å². The maximum absolute atomic E-state index is 14.2. The van der Waals surface area contributed by atoms with Gasteiger partial charge in [0, 0.05) is 55.4 Å². The maximum Gasteiger partial charge on any atom is 0.355 e. The predicted molar refractivity (Wildman–Crippen MR) is 172 cm³/mol. The first-order chi connectivity index (χ1) is 21.9. The van der Waals surface area contributed by atoms with Crippen LogP contribution in [-0.2, 0) is 6.54 Å². The number of fused-ring (bicyclic) bond motifs is 1. The van der Waals surface area contributed by atoms with Crippen molar-refractivity contribution in [3.63, 3.8) is 0 Å². The highest BCUT2D eigenvalue weighted by molar-refractivity contribution is 6.09. The number of rotatable bonds is 8. The fourth-order valence-corrected chi connectivity index (χ4v) is 5.84. The van der Waals surface area contributed by atoms with E-state index in [-0.39, 0.29) is 29.1 Å². The molecule has 1 atom stereocenters. The van der Waals surface area contributed by atoms with E-state index >= 15 is 0 Å². The van der Waals surface area contributed by atoms with E-state index in [4.69, 9.17) is 4.98 Å². The fourth-order valence-electron chi connectivity index (χ4n) is 5.84. The summed E-state index contributed by atoms with van der Waals surface area (Å²) < 4.78 is 0. The second-order valence-electron chi connectivity index (χ2n) is 11.1. The Morgan fingerprint density at radius 3 is 2.22 bits per heavy atom. The van der Waals surface area contributed by atoms with Gasteiger partial charge in [-0.15, -0.1) is 0 Å². The molecule has 5 aromatic rings. The number of aromatic carboxylic acids is 1. The van der Waals surface area contributed by atoms with Gasteiger partial charge in [0.1, 0.15) is 0 Å². The number of carbonyl (C=O) groups is 3. The molecule has 9 heteroatoms. The fraction of sp³-hybridized carbons (Fsp3) is 0.194. The molecule has 3 heterocycles. The summed E-state index contributed by atoms with van der Waals surface area (Å²) in [5, 5.41) is 13.5. The molecule has 0 radical (unpaired) electrons. The lowest BCUT2D eigenvalue weighted by Gasteiger charge is -2.35. The maximum atomic E-state index is 14.2. The molecule has 45 heavy (non-hydrogen) atoms. The molecule has 0 saturated carbocycles. The van der Waals surface area contributed by atoms with E-state index in [2.05, 4.69) is 15.2 Å². The molecule has 0 unspecified atom stereocenters. The van der Waals surface area contributed by atoms with Crippen LogP contribution in [0.3, 0.4) is 0 Å². The highest BCUT2D eigenvalue weighted by Gasteiger charge is 2.29. The third-order valence-electron chi connectivity index (χ3n) is 8.20. The van der Waals surface area contributed by atoms with Crippen LogP contribution in [0.4, 0.5) is 0 Å². The van der Waals surface area contributed by atoms with Gasteiger partial charge in [0.25, 0.3) is 11.8 Å². The average Bonchev–Trinajstić information content (AvgIpc) is 3.08. The minimum absolute atomic E-state index is 0.0787. The third-order valence-corrected chi connectivity index (χ3v) is 8.20. The van der Waals surface area contributed by atoms with Crippen LogP contribution in [-0.4, -0.2) is 68.8 Å². The Morgan fingerprint density at radius 2 is 1.51 bits per heavy atom. The molecule has 0 aliphatic carbocycles. The van der Waals surface area contributed by atoms with E-state index in [9.17, 15) is 19.5 Å². The van der Waals surface area contributed by atoms with Crippen molar-refractivity contribution in [3.8, 4) is 11.3 Å². The first kappa shape index (κ1) is 29.7. The zero-order valence-electron chi connectivity index (χ0n) is 24.9. The second kappa shape index (κ2) is 13.1. The minimum Gasteiger partial charge on any atom is -0.476 e. The number of nitrogens with zero attached hydrogens (tertiary/aromatic N) is 4. The highest BCUT2D eigenvalue weighted by atomic mass is 16.4. The molecule has 2 N–H and O–H groups in total. The number of piperazine rings is 1. The summed E-state index contributed by atoms with van der Waals surface area (Å²) >= 11 is 0. The summed E-state index contributed by atoms with van der Waals surface area (Å²) in [6.45, 7) is 4.30. The lowest BCUT2D eigenvalue weighted by molar-refractivity contribution is 0.0606. The van der Waals surface area contributed by atoms with Crippen molar-refractivity contribution in [1.29, 1.82) is 0 Å². The number of hydrogen-bond donors (Lipinski definition) is 2. The zero-order chi connectivity index (χ0) is 31.3. The smallest absolute Gasteiger partial charge is 0.355 e. The van der Waals surface area contributed by atoms with E-state index in [1.165, 1.54) is 12.3 Å². The molecule has 3 aromatic carbocycles. The molecule has 6 rings (SSSR count). The molecule has 1 saturated heterocycles. The monoisotopic (exact) mass is 599 g/mol. The number of para-hydroxylation sites is 1. The van der Waals surface area contributed by atoms with Gasteiger partial charge in [-0.1, -0.05) is 78.9 Å². The van der Waals surface area contributed by atoms with Crippen molar-refractivity contribution in [3.05, 3.63) is 131 Å². The Bertz CT molecular complexity index is 1850. The molecule has 1 fully saturated rings. The van der Waals surface area contributed by atoms with Gasteiger partial charge >= 0.3 is 5.97 Å². The van der Waals surface area contributed by atoms with E-state index in [0.29, 0.717) is 38.3 Å². The Morgan fingerprint density at radius 1 is 0.844 bits per heavy atom. The molecule has 9 nitrogen and oxygen atoms in total. The SMILES string of the molecule is C[C@H](NC(=O)c1c(CN2CCN(C(=O)c3cccnc3C(=O)O)CC2)c(-c2ccccc2)nc2ccccc12)c1ccccc1. The number of carbonyl (C=O) groups excluding carboxylic acids is 2. The summed E-state index contributed by atoms with van der Waals surface area (Å²) in [7, 11) is 0. The van der Waals surface area contributed by atoms with E-state index in [1.54, 1.807) is 11.0 Å². The number of pyridine rings is 2. The van der Waals surface area contributed by atoms with Crippen LogP contribution in [0.1, 0.15) is 55.3 Å². The molecule has 1 aliphatic rings. The van der Waals surface area contributed by atoms with Gasteiger partial charge in [0.2, 0.25) is 0 Å². The minimum atomic E-state index is -1.23. The zero-order valence-corrected chi connectivity index (χ0v) is 24.9. The summed E-state index contributed by atoms with van der Waals surface area (Å²) in [5.74, 6) is -1.77.